The van der Waals surface area contributed by atoms with Crippen LogP contribution in [0.2, 0.25) is 0 Å². The Balaban J connectivity index is 2.06. The molecule has 0 spiro atoms. The molecule has 1 aliphatic heterocycles. The molecule has 2 aromatic rings. The van der Waals surface area contributed by atoms with Crippen molar-refractivity contribution in [2.45, 2.75) is 105 Å². The summed E-state index contributed by atoms with van der Waals surface area (Å²) in [7, 11) is 0. The van der Waals surface area contributed by atoms with E-state index in [1.165, 1.54) is 52.7 Å². The van der Waals surface area contributed by atoms with Gasteiger partial charge in [0, 0.05) is 22.3 Å². The van der Waals surface area contributed by atoms with Crippen LogP contribution in [0.3, 0.4) is 0 Å². The molecule has 0 saturated carbocycles. The lowest BCUT2D eigenvalue weighted by molar-refractivity contribution is -0.345. The van der Waals surface area contributed by atoms with Crippen LogP contribution in [0.15, 0.2) is 59.7 Å². The van der Waals surface area contributed by atoms with E-state index in [2.05, 4.69) is 76.2 Å². The normalized spacial score (nSPS) is 13.9. The molecule has 2 nitrogen and oxygen atoms in total. The van der Waals surface area contributed by atoms with E-state index in [9.17, 15) is 5.53 Å². The third-order valence-corrected chi connectivity index (χ3v) is 6.99. The number of hydrogen-bond acceptors (Lipinski definition) is 0. The van der Waals surface area contributed by atoms with Gasteiger partial charge in [-0.1, -0.05) is 77.6 Å². The largest absolute Gasteiger partial charge is 0.493 e. The van der Waals surface area contributed by atoms with Crippen LogP contribution in [0.1, 0.15) is 114 Å². The summed E-state index contributed by atoms with van der Waals surface area (Å²) in [5.41, 5.74) is 21.4. The maximum absolute atomic E-state index is 11.7. The number of unbranched alkanes of at least 4 members (excludes halogenated alkanes) is 4. The highest BCUT2D eigenvalue weighted by Crippen LogP contribution is 2.44. The van der Waals surface area contributed by atoms with Gasteiger partial charge < -0.3 is 5.53 Å². The summed E-state index contributed by atoms with van der Waals surface area (Å²) in [5, 5.41) is 0. The van der Waals surface area contributed by atoms with Gasteiger partial charge >= 0.3 is 0 Å². The molecule has 0 unspecified atom stereocenters. The van der Waals surface area contributed by atoms with Gasteiger partial charge in [-0.15, -0.1) is 0 Å². The highest BCUT2D eigenvalue weighted by molar-refractivity contribution is 5.82. The van der Waals surface area contributed by atoms with Crippen molar-refractivity contribution in [2.24, 2.45) is 0 Å². The predicted molar refractivity (Wildman–Crippen MR) is 147 cm³/mol. The summed E-state index contributed by atoms with van der Waals surface area (Å²) < 4.78 is 1.52. The summed E-state index contributed by atoms with van der Waals surface area (Å²) in [4.78, 5) is 0. The lowest BCUT2D eigenvalue weighted by atomic mass is 9.91. The van der Waals surface area contributed by atoms with E-state index < -0.39 is 0 Å². The lowest BCUT2D eigenvalue weighted by Crippen LogP contribution is -2.03. The smallest absolute Gasteiger partial charge is 0.211 e. The van der Waals surface area contributed by atoms with Crippen LogP contribution in [0.4, 0.5) is 0 Å². The second-order valence-corrected chi connectivity index (χ2v) is 9.78. The Bertz CT molecular complexity index is 1010. The third kappa shape index (κ3) is 6.34. The van der Waals surface area contributed by atoms with Crippen molar-refractivity contribution in [1.29, 1.82) is 0 Å². The fourth-order valence-electron chi connectivity index (χ4n) is 4.96. The third-order valence-electron chi connectivity index (χ3n) is 6.99. The van der Waals surface area contributed by atoms with Gasteiger partial charge in [-0.25, -0.2) is 4.70 Å². The van der Waals surface area contributed by atoms with Crippen LogP contribution in [-0.2, 0) is 12.8 Å². The first-order valence-corrected chi connectivity index (χ1v) is 13.8. The molecule has 0 saturated heterocycles. The van der Waals surface area contributed by atoms with E-state index in [1.54, 1.807) is 0 Å². The molecule has 3 rings (SSSR count). The van der Waals surface area contributed by atoms with E-state index in [1.807, 2.05) is 0 Å². The van der Waals surface area contributed by atoms with Gasteiger partial charge in [0.05, 0.1) is 0 Å². The minimum atomic E-state index is 0.996. The zero-order chi connectivity index (χ0) is 24.3. The summed E-state index contributed by atoms with van der Waals surface area (Å²) in [6.45, 7) is 8.99. The molecule has 182 valence electrons. The Morgan fingerprint density at radius 1 is 0.559 bits per heavy atom. The first-order valence-electron chi connectivity index (χ1n) is 13.8. The summed E-state index contributed by atoms with van der Waals surface area (Å²) in [6.07, 6.45) is 13.7. The van der Waals surface area contributed by atoms with Crippen molar-refractivity contribution >= 4 is 11.4 Å². The number of nitrogens with zero attached hydrogens (tertiary/aromatic N) is 2. The maximum Gasteiger partial charge on any atom is 0.211 e. The summed E-state index contributed by atoms with van der Waals surface area (Å²) >= 11 is 0. The molecule has 0 N–H and O–H groups in total. The van der Waals surface area contributed by atoms with Gasteiger partial charge in [0.2, 0.25) is 11.4 Å². The van der Waals surface area contributed by atoms with Crippen LogP contribution < -0.4 is 0 Å². The van der Waals surface area contributed by atoms with Crippen molar-refractivity contribution in [3.05, 3.63) is 87.5 Å². The summed E-state index contributed by atoms with van der Waals surface area (Å²) in [5.74, 6) is 0. The minimum Gasteiger partial charge on any atom is -0.493 e. The van der Waals surface area contributed by atoms with Gasteiger partial charge in [-0.3, -0.25) is 0 Å². The Hall–Kier alpha value is -2.48. The highest BCUT2D eigenvalue weighted by atomic mass is 15.2. The zero-order valence-corrected chi connectivity index (χ0v) is 22.0. The number of rotatable bonds is 14. The van der Waals surface area contributed by atoms with Crippen molar-refractivity contribution in [3.63, 3.8) is 0 Å². The first-order chi connectivity index (χ1) is 16.6. The quantitative estimate of drug-likeness (QED) is 0.253. The van der Waals surface area contributed by atoms with Gasteiger partial charge in [-0.05, 0) is 86.8 Å². The molecular weight excluding hydrogens is 412 g/mol. The minimum absolute atomic E-state index is 0.996. The molecule has 0 aromatic heterocycles. The van der Waals surface area contributed by atoms with Gasteiger partial charge in [-0.2, -0.15) is 0 Å². The van der Waals surface area contributed by atoms with Crippen LogP contribution in [-0.4, -0.2) is 4.70 Å². The molecule has 0 amide bonds. The Labute approximate surface area is 208 Å². The fraction of sp³-hybridized carbons (Fsp3) is 0.500. The number of aryl methyl sites for hydroxylation is 2. The molecule has 0 atom stereocenters. The van der Waals surface area contributed by atoms with E-state index in [4.69, 9.17) is 0 Å². The van der Waals surface area contributed by atoms with E-state index in [-0.39, 0.29) is 0 Å². The van der Waals surface area contributed by atoms with Crippen LogP contribution in [0.5, 0.6) is 0 Å². The molecule has 0 bridgehead atoms. The number of benzene rings is 2. The molecule has 0 radical (unpaired) electrons. The molecule has 0 aliphatic carbocycles. The molecule has 1 aliphatic rings. The van der Waals surface area contributed by atoms with Crippen molar-refractivity contribution in [1.82, 2.24) is 0 Å². The number of allylic oxidation sites excluding steroid dienone is 2. The predicted octanol–water partition coefficient (Wildman–Crippen LogP) is 9.92. The van der Waals surface area contributed by atoms with Gasteiger partial charge in [0.15, 0.2) is 0 Å². The first kappa shape index (κ1) is 26.1. The van der Waals surface area contributed by atoms with E-state index in [0.29, 0.717) is 0 Å². The highest BCUT2D eigenvalue weighted by Gasteiger charge is 2.35. The Kier molecular flexibility index (Phi) is 10.3. The van der Waals surface area contributed by atoms with Crippen molar-refractivity contribution < 1.29 is 4.70 Å². The van der Waals surface area contributed by atoms with E-state index in [0.717, 1.165) is 73.9 Å². The van der Waals surface area contributed by atoms with Crippen molar-refractivity contribution in [3.8, 4) is 0 Å². The van der Waals surface area contributed by atoms with Gasteiger partial charge in [0.25, 0.3) is 0 Å². The summed E-state index contributed by atoms with van der Waals surface area (Å²) in [6, 6.07) is 17.8. The molecule has 2 aromatic carbocycles. The second-order valence-electron chi connectivity index (χ2n) is 9.78. The second kappa shape index (κ2) is 13.4. The van der Waals surface area contributed by atoms with Crippen molar-refractivity contribution in [2.75, 3.05) is 0 Å². The van der Waals surface area contributed by atoms with Crippen LogP contribution in [0.25, 0.3) is 16.9 Å². The zero-order valence-electron chi connectivity index (χ0n) is 22.0. The lowest BCUT2D eigenvalue weighted by Gasteiger charge is -2.11. The number of hydrogen-bond donors (Lipinski definition) is 0. The molecule has 0 fully saturated rings. The van der Waals surface area contributed by atoms with Crippen LogP contribution in [0, 0.1) is 0 Å². The molecule has 34 heavy (non-hydrogen) atoms. The standard InChI is InChI=1S/C32H44N2/c1-5-9-14-25-20-22-27(23-21-25)31-29(18-11-7-3)30(19-12-8-4)32(34(31)33)28-17-13-16-26(24-28)15-10-6-2/h13,16-17,20-24H,5-12,14-15,18-19H2,1-4H3. The maximum atomic E-state index is 11.7. The molecule has 1 heterocycles. The Morgan fingerprint density at radius 2 is 1.06 bits per heavy atom. The average molecular weight is 457 g/mol. The Morgan fingerprint density at radius 3 is 1.62 bits per heavy atom. The fourth-order valence-corrected chi connectivity index (χ4v) is 4.96. The SMILES string of the molecule is CCCCC1=C(c2ccc(CCCC)cc2)[N+](=[N-])C(c2cccc(CCCC)c2)=C1CCCC. The van der Waals surface area contributed by atoms with Gasteiger partial charge in [0.1, 0.15) is 0 Å². The average Bonchev–Trinajstić information content (AvgIpc) is 3.14. The molecule has 2 heteroatoms. The van der Waals surface area contributed by atoms with E-state index >= 15 is 0 Å². The molecular formula is C32H44N2. The monoisotopic (exact) mass is 456 g/mol. The topological polar surface area (TPSA) is 25.3 Å². The van der Waals surface area contributed by atoms with Crippen LogP contribution >= 0.6 is 0 Å².